The van der Waals surface area contributed by atoms with Crippen molar-refractivity contribution in [3.63, 3.8) is 0 Å². The van der Waals surface area contributed by atoms with Crippen molar-refractivity contribution in [1.82, 2.24) is 9.97 Å². The minimum atomic E-state index is -0.344. The van der Waals surface area contributed by atoms with Gasteiger partial charge in [-0.3, -0.25) is 4.79 Å². The predicted molar refractivity (Wildman–Crippen MR) is 77.5 cm³/mol. The van der Waals surface area contributed by atoms with Crippen LogP contribution in [0.3, 0.4) is 0 Å². The van der Waals surface area contributed by atoms with Gasteiger partial charge < -0.3 is 10.1 Å². The van der Waals surface area contributed by atoms with Gasteiger partial charge in [0.1, 0.15) is 17.4 Å². The maximum absolute atomic E-state index is 11.9. The number of alkyl halides is 1. The molecule has 2 aromatic rings. The molecule has 0 saturated carbocycles. The Morgan fingerprint density at radius 3 is 2.90 bits per heavy atom. The van der Waals surface area contributed by atoms with E-state index in [4.69, 9.17) is 16.9 Å². The van der Waals surface area contributed by atoms with Gasteiger partial charge in [0.25, 0.3) is 5.56 Å². The standard InChI is InChI=1S/C14H12ClN3O2/c15-7-3-6-12(19)10(8-16)13-17-11-5-2-1-4-9(11)14(20)18-13/h1-2,4-5,19H,3,6-7H2,(H,17,18,20). The number of H-pyrrole nitrogens is 1. The summed E-state index contributed by atoms with van der Waals surface area (Å²) >= 11 is 5.55. The molecule has 0 unspecified atom stereocenters. The second-order valence-electron chi connectivity index (χ2n) is 4.16. The van der Waals surface area contributed by atoms with Crippen LogP contribution >= 0.6 is 11.6 Å². The number of halogens is 1. The highest BCUT2D eigenvalue weighted by molar-refractivity contribution is 6.17. The second kappa shape index (κ2) is 6.22. The summed E-state index contributed by atoms with van der Waals surface area (Å²) in [5.41, 5.74) is 0.102. The molecule has 5 nitrogen and oxygen atoms in total. The first-order valence-corrected chi connectivity index (χ1v) is 6.58. The van der Waals surface area contributed by atoms with Gasteiger partial charge in [-0.25, -0.2) is 4.98 Å². The monoisotopic (exact) mass is 289 g/mol. The smallest absolute Gasteiger partial charge is 0.259 e. The van der Waals surface area contributed by atoms with Crippen LogP contribution in [0.5, 0.6) is 0 Å². The molecule has 1 aromatic carbocycles. The van der Waals surface area contributed by atoms with Crippen molar-refractivity contribution in [1.29, 1.82) is 5.26 Å². The van der Waals surface area contributed by atoms with Crippen LogP contribution < -0.4 is 5.56 Å². The Balaban J connectivity index is 2.57. The minimum Gasteiger partial charge on any atom is -0.511 e. The second-order valence-corrected chi connectivity index (χ2v) is 4.54. The van der Waals surface area contributed by atoms with Crippen LogP contribution in [0.25, 0.3) is 16.5 Å². The van der Waals surface area contributed by atoms with Crippen LogP contribution in [-0.2, 0) is 0 Å². The summed E-state index contributed by atoms with van der Waals surface area (Å²) in [6.07, 6.45) is 0.805. The number of aliphatic hydroxyl groups is 1. The maximum Gasteiger partial charge on any atom is 0.259 e. The quantitative estimate of drug-likeness (QED) is 0.514. The normalized spacial score (nSPS) is 12.0. The van der Waals surface area contributed by atoms with E-state index < -0.39 is 0 Å². The van der Waals surface area contributed by atoms with E-state index in [1.807, 2.05) is 6.07 Å². The van der Waals surface area contributed by atoms with Crippen LogP contribution in [0.2, 0.25) is 0 Å². The number of nitrogens with one attached hydrogen (secondary N) is 1. The molecule has 0 bridgehead atoms. The first kappa shape index (κ1) is 14.1. The van der Waals surface area contributed by atoms with Crippen molar-refractivity contribution >= 4 is 28.1 Å². The molecule has 0 radical (unpaired) electrons. The predicted octanol–water partition coefficient (Wildman–Crippen LogP) is 2.73. The lowest BCUT2D eigenvalue weighted by atomic mass is 10.1. The number of hydrogen-bond donors (Lipinski definition) is 2. The topological polar surface area (TPSA) is 89.8 Å². The molecule has 2 rings (SSSR count). The number of aromatic nitrogens is 2. The average Bonchev–Trinajstić information content (AvgIpc) is 2.46. The molecule has 0 fully saturated rings. The fourth-order valence-electron chi connectivity index (χ4n) is 1.82. The van der Waals surface area contributed by atoms with Crippen LogP contribution in [0.4, 0.5) is 0 Å². The minimum absolute atomic E-state index is 0.0297. The van der Waals surface area contributed by atoms with E-state index in [1.54, 1.807) is 24.3 Å². The van der Waals surface area contributed by atoms with Gasteiger partial charge in [0, 0.05) is 12.3 Å². The average molecular weight is 290 g/mol. The Morgan fingerprint density at radius 1 is 1.45 bits per heavy atom. The van der Waals surface area contributed by atoms with Crippen molar-refractivity contribution < 1.29 is 5.11 Å². The zero-order valence-electron chi connectivity index (χ0n) is 10.6. The fourth-order valence-corrected chi connectivity index (χ4v) is 1.95. The van der Waals surface area contributed by atoms with Crippen LogP contribution in [-0.4, -0.2) is 21.0 Å². The third-order valence-corrected chi connectivity index (χ3v) is 3.06. The molecule has 2 N–H and O–H groups in total. The van der Waals surface area contributed by atoms with Gasteiger partial charge in [-0.15, -0.1) is 11.6 Å². The maximum atomic E-state index is 11.9. The zero-order valence-corrected chi connectivity index (χ0v) is 11.3. The van der Waals surface area contributed by atoms with Crippen LogP contribution in [0.15, 0.2) is 34.8 Å². The van der Waals surface area contributed by atoms with E-state index in [-0.39, 0.29) is 29.1 Å². The number of nitrogens with zero attached hydrogens (tertiary/aromatic N) is 2. The van der Waals surface area contributed by atoms with Gasteiger partial charge in [-0.05, 0) is 18.6 Å². The third kappa shape index (κ3) is 2.81. The number of benzene rings is 1. The number of allylic oxidation sites excluding steroid dienone is 2. The number of rotatable bonds is 4. The first-order valence-electron chi connectivity index (χ1n) is 6.05. The Morgan fingerprint density at radius 2 is 2.20 bits per heavy atom. The summed E-state index contributed by atoms with van der Waals surface area (Å²) < 4.78 is 0. The molecule has 1 heterocycles. The molecule has 6 heteroatoms. The molecule has 102 valence electrons. The molecule has 0 aliphatic heterocycles. The highest BCUT2D eigenvalue weighted by Gasteiger charge is 2.12. The lowest BCUT2D eigenvalue weighted by Crippen LogP contribution is -2.12. The van der Waals surface area contributed by atoms with Gasteiger partial charge in [0.05, 0.1) is 10.9 Å². The Hall–Kier alpha value is -2.32. The molecular weight excluding hydrogens is 278 g/mol. The van der Waals surface area contributed by atoms with Gasteiger partial charge in [-0.2, -0.15) is 5.26 Å². The van der Waals surface area contributed by atoms with E-state index in [9.17, 15) is 9.90 Å². The van der Waals surface area contributed by atoms with Gasteiger partial charge in [-0.1, -0.05) is 12.1 Å². The van der Waals surface area contributed by atoms with E-state index in [0.717, 1.165) is 0 Å². The van der Waals surface area contributed by atoms with Gasteiger partial charge in [0.15, 0.2) is 5.82 Å². The van der Waals surface area contributed by atoms with Crippen molar-refractivity contribution in [3.05, 3.63) is 46.2 Å². The van der Waals surface area contributed by atoms with Gasteiger partial charge in [0.2, 0.25) is 0 Å². The Bertz CT molecular complexity index is 759. The molecule has 0 saturated heterocycles. The molecule has 0 amide bonds. The van der Waals surface area contributed by atoms with Gasteiger partial charge >= 0.3 is 0 Å². The summed E-state index contributed by atoms with van der Waals surface area (Å²) in [4.78, 5) is 18.7. The van der Waals surface area contributed by atoms with E-state index >= 15 is 0 Å². The van der Waals surface area contributed by atoms with E-state index in [2.05, 4.69) is 9.97 Å². The molecule has 0 atom stereocenters. The van der Waals surface area contributed by atoms with Crippen molar-refractivity contribution in [3.8, 4) is 6.07 Å². The zero-order chi connectivity index (χ0) is 14.5. The molecule has 0 spiro atoms. The molecular formula is C14H12ClN3O2. The highest BCUT2D eigenvalue weighted by Crippen LogP contribution is 2.17. The van der Waals surface area contributed by atoms with Crippen LogP contribution in [0, 0.1) is 11.3 Å². The van der Waals surface area contributed by atoms with E-state index in [0.29, 0.717) is 23.2 Å². The first-order chi connectivity index (χ1) is 9.67. The van der Waals surface area contributed by atoms with Crippen molar-refractivity contribution in [2.45, 2.75) is 12.8 Å². The van der Waals surface area contributed by atoms with Crippen molar-refractivity contribution in [2.75, 3.05) is 5.88 Å². The number of nitriles is 1. The largest absolute Gasteiger partial charge is 0.511 e. The molecule has 0 aliphatic rings. The third-order valence-electron chi connectivity index (χ3n) is 2.80. The lowest BCUT2D eigenvalue weighted by molar-refractivity contribution is 0.390. The number of hydrogen-bond acceptors (Lipinski definition) is 4. The number of para-hydroxylation sites is 1. The summed E-state index contributed by atoms with van der Waals surface area (Å²) in [6.45, 7) is 0. The number of fused-ring (bicyclic) bond motifs is 1. The lowest BCUT2D eigenvalue weighted by Gasteiger charge is -2.04. The van der Waals surface area contributed by atoms with Crippen molar-refractivity contribution in [2.24, 2.45) is 0 Å². The fraction of sp³-hybridized carbons (Fsp3) is 0.214. The molecule has 20 heavy (non-hydrogen) atoms. The molecule has 1 aromatic heterocycles. The summed E-state index contributed by atoms with van der Waals surface area (Å²) in [6, 6.07) is 8.68. The molecule has 0 aliphatic carbocycles. The van der Waals surface area contributed by atoms with E-state index in [1.165, 1.54) is 0 Å². The summed E-state index contributed by atoms with van der Waals surface area (Å²) in [7, 11) is 0. The highest BCUT2D eigenvalue weighted by atomic mass is 35.5. The number of aliphatic hydroxyl groups excluding tert-OH is 1. The van der Waals surface area contributed by atoms with Crippen LogP contribution in [0.1, 0.15) is 18.7 Å². The Labute approximate surface area is 120 Å². The Kier molecular flexibility index (Phi) is 4.38. The number of aromatic amines is 1. The summed E-state index contributed by atoms with van der Waals surface area (Å²) in [5.74, 6) is 0.333. The SMILES string of the molecule is N#CC(=C(O)CCCCl)c1nc2ccccc2c(=O)[nH]1. The summed E-state index contributed by atoms with van der Waals surface area (Å²) in [5, 5.41) is 19.5.